The van der Waals surface area contributed by atoms with Crippen molar-refractivity contribution in [2.75, 3.05) is 6.61 Å². The van der Waals surface area contributed by atoms with Gasteiger partial charge in [-0.25, -0.2) is 4.21 Å². The van der Waals surface area contributed by atoms with E-state index in [2.05, 4.69) is 6.92 Å². The number of aliphatic hydroxyl groups is 1. The third kappa shape index (κ3) is 5.47. The lowest BCUT2D eigenvalue weighted by Crippen LogP contribution is -2.27. The van der Waals surface area contributed by atoms with Gasteiger partial charge >= 0.3 is 0 Å². The van der Waals surface area contributed by atoms with Crippen LogP contribution >= 0.6 is 0 Å². The minimum absolute atomic E-state index is 0.0887. The summed E-state index contributed by atoms with van der Waals surface area (Å²) in [4.78, 5) is 0.759. The van der Waals surface area contributed by atoms with Crippen molar-refractivity contribution in [2.45, 2.75) is 50.5 Å². The molecule has 0 saturated heterocycles. The summed E-state index contributed by atoms with van der Waals surface area (Å²) in [6.45, 7) is 6.13. The second-order valence-electron chi connectivity index (χ2n) is 5.17. The normalized spacial score (nSPS) is 16.0. The average Bonchev–Trinajstić information content (AvgIpc) is 2.39. The average molecular weight is 296 g/mol. The largest absolute Gasteiger partial charge is 0.494 e. The van der Waals surface area contributed by atoms with Crippen molar-refractivity contribution >= 4 is 10.8 Å². The molecule has 0 aliphatic carbocycles. The van der Waals surface area contributed by atoms with Crippen molar-refractivity contribution in [1.82, 2.24) is 0 Å². The maximum absolute atomic E-state index is 12.1. The van der Waals surface area contributed by atoms with Crippen LogP contribution in [0.3, 0.4) is 0 Å². The van der Waals surface area contributed by atoms with Gasteiger partial charge in [0, 0.05) is 23.3 Å². The number of ether oxygens (including phenoxy) is 1. The first-order chi connectivity index (χ1) is 9.50. The Labute approximate surface area is 124 Å². The van der Waals surface area contributed by atoms with Gasteiger partial charge in [0.05, 0.1) is 17.1 Å². The molecule has 112 valence electrons. The Hall–Kier alpha value is -1.13. The quantitative estimate of drug-likeness (QED) is 0.746. The van der Waals surface area contributed by atoms with Gasteiger partial charge in [-0.2, -0.15) is 0 Å². The molecule has 1 rings (SSSR count). The van der Waals surface area contributed by atoms with E-state index in [1.54, 1.807) is 5.41 Å². The van der Waals surface area contributed by atoms with Gasteiger partial charge < -0.3 is 9.84 Å². The summed E-state index contributed by atoms with van der Waals surface area (Å²) in [5.74, 6) is 0. The summed E-state index contributed by atoms with van der Waals surface area (Å²) >= 11 is 0. The highest BCUT2D eigenvalue weighted by atomic mass is 32.2. The Balaban J connectivity index is 2.62. The number of benzene rings is 1. The van der Waals surface area contributed by atoms with Crippen LogP contribution in [-0.2, 0) is 15.5 Å². The van der Waals surface area contributed by atoms with Crippen LogP contribution in [0.2, 0.25) is 0 Å². The molecule has 20 heavy (non-hydrogen) atoms. The van der Waals surface area contributed by atoms with Gasteiger partial charge in [-0.15, -0.1) is 0 Å². The molecule has 0 bridgehead atoms. The van der Waals surface area contributed by atoms with E-state index >= 15 is 0 Å². The molecule has 0 aliphatic heterocycles. The van der Waals surface area contributed by atoms with Gasteiger partial charge in [0.25, 0.3) is 0 Å². The van der Waals surface area contributed by atoms with E-state index in [0.29, 0.717) is 6.42 Å². The first-order valence-corrected chi connectivity index (χ1v) is 8.14. The summed E-state index contributed by atoms with van der Waals surface area (Å²) in [6.07, 6.45) is 3.91. The maximum atomic E-state index is 12.1. The molecule has 0 heterocycles. The Bertz CT molecular complexity index is 445. The first-order valence-electron chi connectivity index (χ1n) is 6.93. The molecular weight excluding hydrogens is 272 g/mol. The molecule has 0 spiro atoms. The number of rotatable bonds is 8. The third-order valence-corrected chi connectivity index (χ3v) is 4.30. The summed E-state index contributed by atoms with van der Waals surface area (Å²) in [6, 6.07) is 7.59. The topological polar surface area (TPSA) is 46.5 Å². The SMILES string of the molecule is CCC[C@](C)(CCO)O/C=C/S(=O)c1ccc(C)cc1. The highest BCUT2D eigenvalue weighted by Gasteiger charge is 2.22. The van der Waals surface area contributed by atoms with E-state index in [1.807, 2.05) is 38.1 Å². The number of hydrogen-bond acceptors (Lipinski definition) is 3. The lowest BCUT2D eigenvalue weighted by Gasteiger charge is -2.27. The van der Waals surface area contributed by atoms with Gasteiger partial charge in [0.1, 0.15) is 5.60 Å². The van der Waals surface area contributed by atoms with Crippen LogP contribution in [0.15, 0.2) is 40.8 Å². The standard InChI is InChI=1S/C16H24O3S/c1-4-9-16(3,10-11-17)19-12-13-20(18)15-7-5-14(2)6-8-15/h5-8,12-13,17H,4,9-11H2,1-3H3/b13-12+/t16-,20?/m1/s1. The molecule has 0 amide bonds. The summed E-state index contributed by atoms with van der Waals surface area (Å²) in [5.41, 5.74) is 0.752. The maximum Gasteiger partial charge on any atom is 0.108 e. The van der Waals surface area contributed by atoms with Crippen LogP contribution in [0.5, 0.6) is 0 Å². The lowest BCUT2D eigenvalue weighted by molar-refractivity contribution is 0.00898. The zero-order valence-electron chi connectivity index (χ0n) is 12.5. The van der Waals surface area contributed by atoms with Crippen molar-refractivity contribution in [3.63, 3.8) is 0 Å². The van der Waals surface area contributed by atoms with E-state index in [-0.39, 0.29) is 6.61 Å². The van der Waals surface area contributed by atoms with Gasteiger partial charge in [0.2, 0.25) is 0 Å². The molecule has 1 N–H and O–H groups in total. The smallest absolute Gasteiger partial charge is 0.108 e. The molecular formula is C16H24O3S. The second-order valence-corrected chi connectivity index (χ2v) is 6.51. The second kappa shape index (κ2) is 8.22. The molecule has 0 fully saturated rings. The Morgan fingerprint density at radius 1 is 1.30 bits per heavy atom. The minimum atomic E-state index is -1.20. The lowest BCUT2D eigenvalue weighted by atomic mass is 9.97. The molecule has 0 aliphatic rings. The van der Waals surface area contributed by atoms with Crippen LogP contribution in [0, 0.1) is 6.92 Å². The molecule has 0 aromatic heterocycles. The monoisotopic (exact) mass is 296 g/mol. The van der Waals surface area contributed by atoms with E-state index in [0.717, 1.165) is 23.3 Å². The number of aliphatic hydroxyl groups excluding tert-OH is 1. The zero-order valence-corrected chi connectivity index (χ0v) is 13.3. The zero-order chi connectivity index (χ0) is 15.0. The van der Waals surface area contributed by atoms with Crippen LogP contribution in [0.1, 0.15) is 38.7 Å². The van der Waals surface area contributed by atoms with Crippen molar-refractivity contribution in [3.8, 4) is 0 Å². The molecule has 3 nitrogen and oxygen atoms in total. The Morgan fingerprint density at radius 2 is 1.95 bits per heavy atom. The van der Waals surface area contributed by atoms with Crippen molar-refractivity contribution in [3.05, 3.63) is 41.5 Å². The van der Waals surface area contributed by atoms with Crippen molar-refractivity contribution in [2.24, 2.45) is 0 Å². The summed E-state index contributed by atoms with van der Waals surface area (Å²) in [7, 11) is -1.20. The molecule has 1 unspecified atom stereocenters. The first kappa shape index (κ1) is 16.9. The van der Waals surface area contributed by atoms with Gasteiger partial charge in [-0.05, 0) is 32.4 Å². The highest BCUT2D eigenvalue weighted by Crippen LogP contribution is 2.22. The number of hydrogen-bond donors (Lipinski definition) is 1. The Morgan fingerprint density at radius 3 is 2.50 bits per heavy atom. The fourth-order valence-electron chi connectivity index (χ4n) is 2.00. The van der Waals surface area contributed by atoms with E-state index in [1.165, 1.54) is 6.26 Å². The Kier molecular flexibility index (Phi) is 6.96. The van der Waals surface area contributed by atoms with Crippen LogP contribution in [0.25, 0.3) is 0 Å². The van der Waals surface area contributed by atoms with E-state index < -0.39 is 16.4 Å². The van der Waals surface area contributed by atoms with E-state index in [9.17, 15) is 4.21 Å². The van der Waals surface area contributed by atoms with Gasteiger partial charge in [-0.3, -0.25) is 0 Å². The third-order valence-electron chi connectivity index (χ3n) is 3.20. The highest BCUT2D eigenvalue weighted by molar-refractivity contribution is 7.88. The minimum Gasteiger partial charge on any atom is -0.494 e. The molecule has 0 radical (unpaired) electrons. The van der Waals surface area contributed by atoms with Crippen molar-refractivity contribution < 1.29 is 14.1 Å². The molecule has 0 saturated carbocycles. The molecule has 1 aromatic rings. The van der Waals surface area contributed by atoms with Gasteiger partial charge in [-0.1, -0.05) is 31.0 Å². The van der Waals surface area contributed by atoms with E-state index in [4.69, 9.17) is 9.84 Å². The summed E-state index contributed by atoms with van der Waals surface area (Å²) in [5, 5.41) is 10.6. The molecule has 2 atom stereocenters. The van der Waals surface area contributed by atoms with Crippen LogP contribution in [-0.4, -0.2) is 21.5 Å². The molecule has 4 heteroatoms. The summed E-state index contributed by atoms with van der Waals surface area (Å²) < 4.78 is 17.7. The fourth-order valence-corrected chi connectivity index (χ4v) is 2.72. The van der Waals surface area contributed by atoms with Crippen LogP contribution in [0.4, 0.5) is 0 Å². The number of aryl methyl sites for hydroxylation is 1. The van der Waals surface area contributed by atoms with Gasteiger partial charge in [0.15, 0.2) is 0 Å². The predicted molar refractivity (Wildman–Crippen MR) is 82.8 cm³/mol. The predicted octanol–water partition coefficient (Wildman–Crippen LogP) is 3.53. The fraction of sp³-hybridized carbons (Fsp3) is 0.500. The van der Waals surface area contributed by atoms with Crippen LogP contribution < -0.4 is 0 Å². The molecule has 1 aromatic carbocycles. The van der Waals surface area contributed by atoms with Crippen molar-refractivity contribution in [1.29, 1.82) is 0 Å².